The van der Waals surface area contributed by atoms with Gasteiger partial charge < -0.3 is 15.3 Å². The Morgan fingerprint density at radius 3 is 2.37 bits per heavy atom. The van der Waals surface area contributed by atoms with Gasteiger partial charge in [0.1, 0.15) is 0 Å². The van der Waals surface area contributed by atoms with E-state index in [2.05, 4.69) is 5.32 Å². The van der Waals surface area contributed by atoms with Gasteiger partial charge in [-0.15, -0.1) is 0 Å². The average molecular weight is 264 g/mol. The molecule has 0 fully saturated rings. The number of nitrogens with zero attached hydrogens (tertiary/aromatic N) is 1. The molecule has 0 unspecified atom stereocenters. The number of rotatable bonds is 6. The highest BCUT2D eigenvalue weighted by atomic mass is 16.3. The fraction of sp³-hybridized carbons (Fsp3) is 0.429. The largest absolute Gasteiger partial charge is 0.395 e. The summed E-state index contributed by atoms with van der Waals surface area (Å²) in [5.41, 5.74) is 1.60. The SMILES string of the molecule is CCN(CCO)C(=O)Cc1ccc(NC(C)=O)cc1. The van der Waals surface area contributed by atoms with E-state index in [-0.39, 0.29) is 18.4 Å². The molecule has 0 aromatic heterocycles. The Hall–Kier alpha value is -1.88. The van der Waals surface area contributed by atoms with Gasteiger partial charge in [0.25, 0.3) is 0 Å². The van der Waals surface area contributed by atoms with E-state index in [0.717, 1.165) is 5.56 Å². The molecule has 5 nitrogen and oxygen atoms in total. The number of amides is 2. The lowest BCUT2D eigenvalue weighted by molar-refractivity contribution is -0.130. The number of aliphatic hydroxyl groups excluding tert-OH is 1. The minimum atomic E-state index is -0.121. The Kier molecular flexibility index (Phi) is 6.02. The highest BCUT2D eigenvalue weighted by Gasteiger charge is 2.11. The van der Waals surface area contributed by atoms with Gasteiger partial charge in [0, 0.05) is 25.7 Å². The molecular formula is C14H20N2O3. The first-order valence-electron chi connectivity index (χ1n) is 6.32. The molecule has 0 saturated heterocycles. The molecule has 5 heteroatoms. The van der Waals surface area contributed by atoms with E-state index in [0.29, 0.717) is 25.2 Å². The number of hydrogen-bond acceptors (Lipinski definition) is 3. The topological polar surface area (TPSA) is 69.6 Å². The molecule has 19 heavy (non-hydrogen) atoms. The maximum Gasteiger partial charge on any atom is 0.227 e. The molecule has 0 bridgehead atoms. The predicted octanol–water partition coefficient (Wildman–Crippen LogP) is 1.03. The quantitative estimate of drug-likeness (QED) is 0.806. The van der Waals surface area contributed by atoms with Crippen LogP contribution in [0.2, 0.25) is 0 Å². The van der Waals surface area contributed by atoms with Crippen molar-refractivity contribution in [2.75, 3.05) is 25.0 Å². The van der Waals surface area contributed by atoms with Crippen LogP contribution >= 0.6 is 0 Å². The molecule has 0 aliphatic rings. The first kappa shape index (κ1) is 15.2. The fourth-order valence-corrected chi connectivity index (χ4v) is 1.78. The van der Waals surface area contributed by atoms with E-state index in [9.17, 15) is 9.59 Å². The van der Waals surface area contributed by atoms with Gasteiger partial charge in [-0.05, 0) is 24.6 Å². The standard InChI is InChI=1S/C14H20N2O3/c1-3-16(8-9-17)14(19)10-12-4-6-13(7-5-12)15-11(2)18/h4-7,17H,3,8-10H2,1-2H3,(H,15,18). The summed E-state index contributed by atoms with van der Waals surface area (Å²) < 4.78 is 0. The first-order chi connectivity index (χ1) is 9.06. The monoisotopic (exact) mass is 264 g/mol. The number of carbonyl (C=O) groups excluding carboxylic acids is 2. The number of nitrogens with one attached hydrogen (secondary N) is 1. The minimum Gasteiger partial charge on any atom is -0.395 e. The second-order valence-corrected chi connectivity index (χ2v) is 4.25. The second kappa shape index (κ2) is 7.53. The van der Waals surface area contributed by atoms with Crippen LogP contribution in [-0.2, 0) is 16.0 Å². The Balaban J connectivity index is 2.61. The Morgan fingerprint density at radius 1 is 1.26 bits per heavy atom. The van der Waals surface area contributed by atoms with Crippen LogP contribution < -0.4 is 5.32 Å². The molecule has 104 valence electrons. The van der Waals surface area contributed by atoms with Crippen molar-refractivity contribution in [3.63, 3.8) is 0 Å². The fourth-order valence-electron chi connectivity index (χ4n) is 1.78. The van der Waals surface area contributed by atoms with Crippen molar-refractivity contribution in [1.29, 1.82) is 0 Å². The van der Waals surface area contributed by atoms with Crippen LogP contribution in [0.5, 0.6) is 0 Å². The summed E-state index contributed by atoms with van der Waals surface area (Å²) in [5.74, 6) is -0.132. The highest BCUT2D eigenvalue weighted by Crippen LogP contribution is 2.11. The molecule has 0 aliphatic carbocycles. The van der Waals surface area contributed by atoms with Crippen molar-refractivity contribution < 1.29 is 14.7 Å². The van der Waals surface area contributed by atoms with Crippen molar-refractivity contribution in [2.24, 2.45) is 0 Å². The molecule has 0 radical (unpaired) electrons. The second-order valence-electron chi connectivity index (χ2n) is 4.25. The van der Waals surface area contributed by atoms with Gasteiger partial charge in [0.15, 0.2) is 0 Å². The van der Waals surface area contributed by atoms with Gasteiger partial charge in [-0.1, -0.05) is 12.1 Å². The lowest BCUT2D eigenvalue weighted by atomic mass is 10.1. The summed E-state index contributed by atoms with van der Waals surface area (Å²) in [6.07, 6.45) is 0.300. The number of hydrogen-bond donors (Lipinski definition) is 2. The number of aliphatic hydroxyl groups is 1. The summed E-state index contributed by atoms with van der Waals surface area (Å²) in [6.45, 7) is 4.25. The van der Waals surface area contributed by atoms with Crippen LogP contribution in [0.4, 0.5) is 5.69 Å². The van der Waals surface area contributed by atoms with Gasteiger partial charge in [-0.2, -0.15) is 0 Å². The van der Waals surface area contributed by atoms with Crippen LogP contribution in [0.3, 0.4) is 0 Å². The number of benzene rings is 1. The van der Waals surface area contributed by atoms with E-state index in [1.807, 2.05) is 19.1 Å². The van der Waals surface area contributed by atoms with Crippen molar-refractivity contribution >= 4 is 17.5 Å². The third-order valence-corrected chi connectivity index (χ3v) is 2.73. The van der Waals surface area contributed by atoms with E-state index in [4.69, 9.17) is 5.11 Å². The van der Waals surface area contributed by atoms with Crippen LogP contribution in [-0.4, -0.2) is 41.5 Å². The maximum absolute atomic E-state index is 11.9. The van der Waals surface area contributed by atoms with Crippen LogP contribution in [0.25, 0.3) is 0 Å². The van der Waals surface area contributed by atoms with Gasteiger partial charge in [0.2, 0.25) is 11.8 Å². The van der Waals surface area contributed by atoms with Gasteiger partial charge in [-0.3, -0.25) is 9.59 Å². The minimum absolute atomic E-state index is 0.0103. The third kappa shape index (κ3) is 5.09. The molecule has 0 saturated carbocycles. The lowest BCUT2D eigenvalue weighted by Gasteiger charge is -2.19. The molecule has 0 heterocycles. The molecule has 0 aliphatic heterocycles. The molecule has 0 spiro atoms. The smallest absolute Gasteiger partial charge is 0.227 e. The summed E-state index contributed by atoms with van der Waals surface area (Å²) in [5, 5.41) is 11.5. The highest BCUT2D eigenvalue weighted by molar-refractivity contribution is 5.88. The van der Waals surface area contributed by atoms with Gasteiger partial charge in [-0.25, -0.2) is 0 Å². The zero-order chi connectivity index (χ0) is 14.3. The Morgan fingerprint density at radius 2 is 1.89 bits per heavy atom. The van der Waals surface area contributed by atoms with E-state index in [1.165, 1.54) is 6.92 Å². The zero-order valence-electron chi connectivity index (χ0n) is 11.3. The van der Waals surface area contributed by atoms with Crippen LogP contribution in [0.1, 0.15) is 19.4 Å². The van der Waals surface area contributed by atoms with E-state index in [1.54, 1.807) is 17.0 Å². The molecule has 1 rings (SSSR count). The van der Waals surface area contributed by atoms with Crippen LogP contribution in [0, 0.1) is 0 Å². The number of carbonyl (C=O) groups is 2. The molecule has 2 amide bonds. The zero-order valence-corrected chi connectivity index (χ0v) is 11.3. The van der Waals surface area contributed by atoms with Crippen molar-refractivity contribution in [1.82, 2.24) is 4.90 Å². The molecular weight excluding hydrogens is 244 g/mol. The first-order valence-corrected chi connectivity index (χ1v) is 6.32. The summed E-state index contributed by atoms with van der Waals surface area (Å²) >= 11 is 0. The normalized spacial score (nSPS) is 10.1. The summed E-state index contributed by atoms with van der Waals surface area (Å²) in [7, 11) is 0. The average Bonchev–Trinajstić information content (AvgIpc) is 2.37. The van der Waals surface area contributed by atoms with Gasteiger partial charge >= 0.3 is 0 Å². The van der Waals surface area contributed by atoms with Crippen molar-refractivity contribution in [3.05, 3.63) is 29.8 Å². The number of likely N-dealkylation sites (N-methyl/N-ethyl adjacent to an activating group) is 1. The number of anilines is 1. The molecule has 1 aromatic rings. The Labute approximate surface area is 113 Å². The molecule has 0 atom stereocenters. The third-order valence-electron chi connectivity index (χ3n) is 2.73. The predicted molar refractivity (Wildman–Crippen MR) is 73.8 cm³/mol. The molecule has 2 N–H and O–H groups in total. The van der Waals surface area contributed by atoms with Crippen molar-refractivity contribution in [2.45, 2.75) is 20.3 Å². The van der Waals surface area contributed by atoms with E-state index < -0.39 is 0 Å². The molecule has 1 aromatic carbocycles. The van der Waals surface area contributed by atoms with Crippen LogP contribution in [0.15, 0.2) is 24.3 Å². The summed E-state index contributed by atoms with van der Waals surface area (Å²) in [4.78, 5) is 24.4. The maximum atomic E-state index is 11.9. The lowest BCUT2D eigenvalue weighted by Crippen LogP contribution is -2.34. The Bertz CT molecular complexity index is 429. The van der Waals surface area contributed by atoms with Crippen molar-refractivity contribution in [3.8, 4) is 0 Å². The van der Waals surface area contributed by atoms with E-state index >= 15 is 0 Å². The summed E-state index contributed by atoms with van der Waals surface area (Å²) in [6, 6.07) is 7.17. The van der Waals surface area contributed by atoms with Gasteiger partial charge in [0.05, 0.1) is 13.0 Å².